The summed E-state index contributed by atoms with van der Waals surface area (Å²) in [7, 11) is 1.54. The average molecular weight is 293 g/mol. The van der Waals surface area contributed by atoms with E-state index in [2.05, 4.69) is 25.5 Å². The van der Waals surface area contributed by atoms with Crippen LogP contribution < -0.4 is 15.4 Å². The average Bonchev–Trinajstić information content (AvgIpc) is 2.47. The Morgan fingerprint density at radius 2 is 2.05 bits per heavy atom. The molecule has 0 aliphatic carbocycles. The summed E-state index contributed by atoms with van der Waals surface area (Å²) in [6, 6.07) is 1.72. The van der Waals surface area contributed by atoms with Gasteiger partial charge in [-0.05, 0) is 20.8 Å². The maximum atomic E-state index is 12.6. The van der Waals surface area contributed by atoms with E-state index in [1.807, 2.05) is 20.8 Å². The van der Waals surface area contributed by atoms with Crippen LogP contribution in [-0.4, -0.2) is 59.6 Å². The Morgan fingerprint density at radius 3 is 2.67 bits per heavy atom. The van der Waals surface area contributed by atoms with Gasteiger partial charge in [0, 0.05) is 37.9 Å². The highest BCUT2D eigenvalue weighted by Crippen LogP contribution is 2.18. The second kappa shape index (κ2) is 6.36. The van der Waals surface area contributed by atoms with Gasteiger partial charge in [-0.25, -0.2) is 4.98 Å². The zero-order valence-corrected chi connectivity index (χ0v) is 13.1. The monoisotopic (exact) mass is 293 g/mol. The second-order valence-electron chi connectivity index (χ2n) is 5.63. The first kappa shape index (κ1) is 15.7. The molecule has 0 radical (unpaired) electrons. The first-order valence-corrected chi connectivity index (χ1v) is 7.10. The van der Waals surface area contributed by atoms with Crippen LogP contribution >= 0.6 is 0 Å². The van der Waals surface area contributed by atoms with Gasteiger partial charge in [0.2, 0.25) is 17.7 Å². The van der Waals surface area contributed by atoms with Gasteiger partial charge in [-0.2, -0.15) is 4.98 Å². The molecule has 0 atom stereocenters. The summed E-state index contributed by atoms with van der Waals surface area (Å²) in [4.78, 5) is 23.1. The Bertz CT molecular complexity index is 512. The normalized spacial score (nSPS) is 16.6. The van der Waals surface area contributed by atoms with Gasteiger partial charge in [0.25, 0.3) is 0 Å². The quantitative estimate of drug-likeness (QED) is 0.837. The molecule has 0 bridgehead atoms. The first-order valence-electron chi connectivity index (χ1n) is 7.10. The van der Waals surface area contributed by atoms with Gasteiger partial charge in [0.05, 0.1) is 12.6 Å². The van der Waals surface area contributed by atoms with E-state index in [0.29, 0.717) is 5.88 Å². The van der Waals surface area contributed by atoms with Crippen LogP contribution in [0.3, 0.4) is 0 Å². The van der Waals surface area contributed by atoms with Gasteiger partial charge in [-0.3, -0.25) is 15.0 Å². The molecule has 7 nitrogen and oxygen atoms in total. The number of piperazine rings is 1. The van der Waals surface area contributed by atoms with Gasteiger partial charge in [-0.15, -0.1) is 0 Å². The van der Waals surface area contributed by atoms with Gasteiger partial charge in [0.1, 0.15) is 0 Å². The maximum absolute atomic E-state index is 12.6. The van der Waals surface area contributed by atoms with Crippen LogP contribution in [0.25, 0.3) is 0 Å². The van der Waals surface area contributed by atoms with E-state index in [-0.39, 0.29) is 11.9 Å². The van der Waals surface area contributed by atoms with Crippen LogP contribution in [0.4, 0.5) is 5.95 Å². The van der Waals surface area contributed by atoms with Crippen molar-refractivity contribution in [2.24, 2.45) is 0 Å². The molecule has 1 aromatic rings. The number of carbonyl (C=O) groups excluding carboxylic acids is 1. The molecule has 2 N–H and O–H groups in total. The van der Waals surface area contributed by atoms with E-state index >= 15 is 0 Å². The highest BCUT2D eigenvalue weighted by atomic mass is 16.5. The number of nitrogens with zero attached hydrogens (tertiary/aromatic N) is 3. The Morgan fingerprint density at radius 1 is 1.38 bits per heavy atom. The summed E-state index contributed by atoms with van der Waals surface area (Å²) in [6.45, 7) is 9.15. The third kappa shape index (κ3) is 3.68. The van der Waals surface area contributed by atoms with Gasteiger partial charge in [0.15, 0.2) is 0 Å². The number of amides is 1. The van der Waals surface area contributed by atoms with Crippen molar-refractivity contribution >= 4 is 11.9 Å². The van der Waals surface area contributed by atoms with E-state index in [0.717, 1.165) is 31.9 Å². The maximum Gasteiger partial charge on any atom is 0.246 e. The number of carbonyl (C=O) groups is 1. The molecular weight excluding hydrogens is 270 g/mol. The molecule has 0 saturated carbocycles. The number of aromatic nitrogens is 2. The Hall–Kier alpha value is -1.73. The highest BCUT2D eigenvalue weighted by molar-refractivity contribution is 5.96. The highest BCUT2D eigenvalue weighted by Gasteiger charge is 2.35. The molecule has 7 heteroatoms. The van der Waals surface area contributed by atoms with E-state index in [4.69, 9.17) is 4.74 Å². The molecule has 1 aromatic heterocycles. The molecule has 116 valence electrons. The molecule has 1 fully saturated rings. The van der Waals surface area contributed by atoms with Crippen LogP contribution in [0.1, 0.15) is 19.5 Å². The predicted molar refractivity (Wildman–Crippen MR) is 80.5 cm³/mol. The fourth-order valence-electron chi connectivity index (χ4n) is 2.32. The van der Waals surface area contributed by atoms with E-state index in [1.54, 1.807) is 6.07 Å². The van der Waals surface area contributed by atoms with Crippen LogP contribution in [0, 0.1) is 6.92 Å². The van der Waals surface area contributed by atoms with Gasteiger partial charge >= 0.3 is 0 Å². The Labute approximate surface area is 125 Å². The van der Waals surface area contributed by atoms with Crippen molar-refractivity contribution in [1.82, 2.24) is 20.2 Å². The smallest absolute Gasteiger partial charge is 0.246 e. The summed E-state index contributed by atoms with van der Waals surface area (Å²) in [6.07, 6.45) is 0. The third-order valence-corrected chi connectivity index (χ3v) is 3.73. The summed E-state index contributed by atoms with van der Waals surface area (Å²) < 4.78 is 5.10. The van der Waals surface area contributed by atoms with Crippen molar-refractivity contribution in [2.45, 2.75) is 26.3 Å². The van der Waals surface area contributed by atoms with E-state index < -0.39 is 5.54 Å². The lowest BCUT2D eigenvalue weighted by molar-refractivity contribution is -0.126. The molecule has 0 aromatic carbocycles. The molecule has 1 saturated heterocycles. The lowest BCUT2D eigenvalue weighted by atomic mass is 10.0. The molecule has 21 heavy (non-hydrogen) atoms. The molecule has 1 amide bonds. The van der Waals surface area contributed by atoms with Crippen molar-refractivity contribution in [3.63, 3.8) is 0 Å². The molecular formula is C14H23N5O2. The van der Waals surface area contributed by atoms with Crippen molar-refractivity contribution in [3.8, 4) is 5.88 Å². The van der Waals surface area contributed by atoms with E-state index in [1.165, 1.54) is 7.11 Å². The predicted octanol–water partition coefficient (Wildman–Crippen LogP) is 0.416. The number of aryl methyl sites for hydroxylation is 1. The molecule has 1 aliphatic rings. The van der Waals surface area contributed by atoms with Crippen molar-refractivity contribution < 1.29 is 9.53 Å². The topological polar surface area (TPSA) is 79.4 Å². The number of ether oxygens (including phenoxy) is 1. The van der Waals surface area contributed by atoms with E-state index in [9.17, 15) is 4.79 Å². The molecule has 1 aliphatic heterocycles. The third-order valence-electron chi connectivity index (χ3n) is 3.73. The fourth-order valence-corrected chi connectivity index (χ4v) is 2.32. The molecule has 0 unspecified atom stereocenters. The van der Waals surface area contributed by atoms with Crippen LogP contribution in [0.5, 0.6) is 5.88 Å². The largest absolute Gasteiger partial charge is 0.481 e. The Kier molecular flexibility index (Phi) is 4.74. The first-order chi connectivity index (χ1) is 9.93. The van der Waals surface area contributed by atoms with Gasteiger partial charge < -0.3 is 10.1 Å². The number of hydrogen-bond donors (Lipinski definition) is 2. The molecule has 2 rings (SSSR count). The number of nitrogens with one attached hydrogen (secondary N) is 2. The Balaban J connectivity index is 2.11. The fraction of sp³-hybridized carbons (Fsp3) is 0.643. The minimum atomic E-state index is -0.609. The molecule has 2 heterocycles. The van der Waals surface area contributed by atoms with Crippen LogP contribution in [-0.2, 0) is 4.79 Å². The minimum absolute atomic E-state index is 0.114. The summed E-state index contributed by atoms with van der Waals surface area (Å²) >= 11 is 0. The lowest BCUT2D eigenvalue weighted by Crippen LogP contribution is -2.58. The zero-order chi connectivity index (χ0) is 15.5. The summed E-state index contributed by atoms with van der Waals surface area (Å²) in [5, 5.41) is 6.08. The summed E-state index contributed by atoms with van der Waals surface area (Å²) in [5.74, 6) is 0.606. The van der Waals surface area contributed by atoms with Crippen molar-refractivity contribution in [2.75, 3.05) is 38.6 Å². The minimum Gasteiger partial charge on any atom is -0.481 e. The zero-order valence-electron chi connectivity index (χ0n) is 13.1. The van der Waals surface area contributed by atoms with Crippen molar-refractivity contribution in [1.29, 1.82) is 0 Å². The lowest BCUT2D eigenvalue weighted by Gasteiger charge is -2.39. The SMILES string of the molecule is COc1cc(C)nc(NC(=O)C(C)(C)N2CCNCC2)n1. The number of rotatable bonds is 4. The summed E-state index contributed by atoms with van der Waals surface area (Å²) in [5.41, 5.74) is 0.139. The standard InChI is InChI=1S/C14H23N5O2/c1-10-9-11(21-4)17-13(16-10)18-12(20)14(2,3)19-7-5-15-6-8-19/h9,15H,5-8H2,1-4H3,(H,16,17,18,20). The van der Waals surface area contributed by atoms with Crippen LogP contribution in [0.2, 0.25) is 0 Å². The number of hydrogen-bond acceptors (Lipinski definition) is 6. The van der Waals surface area contributed by atoms with Gasteiger partial charge in [-0.1, -0.05) is 0 Å². The number of anilines is 1. The second-order valence-corrected chi connectivity index (χ2v) is 5.63. The van der Waals surface area contributed by atoms with Crippen LogP contribution in [0.15, 0.2) is 6.07 Å². The molecule has 0 spiro atoms. The number of methoxy groups -OCH3 is 1. The van der Waals surface area contributed by atoms with Crippen molar-refractivity contribution in [3.05, 3.63) is 11.8 Å².